The van der Waals surface area contributed by atoms with Crippen molar-refractivity contribution in [1.29, 1.82) is 0 Å². The number of carbonyl (C=O) groups is 1. The minimum absolute atomic E-state index is 0.506. The van der Waals surface area contributed by atoms with Gasteiger partial charge in [0, 0.05) is 0 Å². The molecule has 3 heteroatoms. The quantitative estimate of drug-likeness (QED) is 0.681. The Balaban J connectivity index is 4.62. The van der Waals surface area contributed by atoms with Gasteiger partial charge in [-0.15, -0.1) is 0 Å². The second-order valence-corrected chi connectivity index (χ2v) is 3.95. The molecular weight excluding hydrogens is 156 g/mol. The molecule has 1 unspecified atom stereocenters. The molecular formula is C9H18O3. The molecule has 0 amide bonds. The van der Waals surface area contributed by atoms with Crippen LogP contribution in [0.5, 0.6) is 0 Å². The first-order valence-corrected chi connectivity index (χ1v) is 4.21. The maximum absolute atomic E-state index is 10.8. The fourth-order valence-electron chi connectivity index (χ4n) is 1.03. The van der Waals surface area contributed by atoms with Crippen molar-refractivity contribution in [3.05, 3.63) is 0 Å². The molecule has 0 bridgehead atoms. The predicted octanol–water partition coefficient (Wildman–Crippen LogP) is 1.65. The van der Waals surface area contributed by atoms with Crippen molar-refractivity contribution >= 4 is 5.97 Å². The van der Waals surface area contributed by atoms with Gasteiger partial charge in [0.1, 0.15) is 0 Å². The summed E-state index contributed by atoms with van der Waals surface area (Å²) < 4.78 is 0. The third kappa shape index (κ3) is 1.97. The number of carboxylic acids is 1. The molecule has 0 fully saturated rings. The summed E-state index contributed by atoms with van der Waals surface area (Å²) >= 11 is 0. The Morgan fingerprint density at radius 1 is 1.33 bits per heavy atom. The number of aliphatic hydroxyl groups is 1. The number of rotatable bonds is 4. The van der Waals surface area contributed by atoms with Crippen molar-refractivity contribution in [1.82, 2.24) is 0 Å². The summed E-state index contributed by atoms with van der Waals surface area (Å²) in [6, 6.07) is 0. The van der Waals surface area contributed by atoms with Crippen molar-refractivity contribution < 1.29 is 15.0 Å². The smallest absolute Gasteiger partial charge is 0.311 e. The van der Waals surface area contributed by atoms with Gasteiger partial charge in [0.25, 0.3) is 0 Å². The summed E-state index contributed by atoms with van der Waals surface area (Å²) in [7, 11) is 0. The fourth-order valence-corrected chi connectivity index (χ4v) is 1.03. The number of hydrogen-bond donors (Lipinski definition) is 2. The van der Waals surface area contributed by atoms with Crippen LogP contribution in [0.4, 0.5) is 0 Å². The van der Waals surface area contributed by atoms with Gasteiger partial charge in [0.15, 0.2) is 0 Å². The lowest BCUT2D eigenvalue weighted by molar-refractivity contribution is -0.163. The van der Waals surface area contributed by atoms with E-state index in [1.54, 1.807) is 20.8 Å². The van der Waals surface area contributed by atoms with Crippen LogP contribution in [0.15, 0.2) is 0 Å². The monoisotopic (exact) mass is 174 g/mol. The highest BCUT2D eigenvalue weighted by molar-refractivity contribution is 5.75. The standard InChI is InChI=1S/C9H18O3/c1-5-6-9(4,12)8(2,3)7(10)11/h12H,5-6H2,1-4H3,(H,10,11). The van der Waals surface area contributed by atoms with Crippen LogP contribution >= 0.6 is 0 Å². The molecule has 0 aliphatic carbocycles. The van der Waals surface area contributed by atoms with Crippen LogP contribution in [0.1, 0.15) is 40.5 Å². The molecule has 1 atom stereocenters. The molecule has 0 aromatic carbocycles. The van der Waals surface area contributed by atoms with E-state index in [2.05, 4.69) is 0 Å². The van der Waals surface area contributed by atoms with Gasteiger partial charge in [-0.05, 0) is 27.2 Å². The van der Waals surface area contributed by atoms with Crippen molar-refractivity contribution in [2.75, 3.05) is 0 Å². The average Bonchev–Trinajstić information content (AvgIpc) is 1.86. The molecule has 2 N–H and O–H groups in total. The van der Waals surface area contributed by atoms with Crippen LogP contribution in [0, 0.1) is 5.41 Å². The van der Waals surface area contributed by atoms with E-state index in [1.807, 2.05) is 6.92 Å². The van der Waals surface area contributed by atoms with Crippen molar-refractivity contribution in [3.8, 4) is 0 Å². The first-order chi connectivity index (χ1) is 5.25. The van der Waals surface area contributed by atoms with Crippen molar-refractivity contribution in [2.24, 2.45) is 5.41 Å². The van der Waals surface area contributed by atoms with E-state index in [9.17, 15) is 9.90 Å². The van der Waals surface area contributed by atoms with Crippen molar-refractivity contribution in [3.63, 3.8) is 0 Å². The van der Waals surface area contributed by atoms with Gasteiger partial charge in [-0.3, -0.25) is 4.79 Å². The van der Waals surface area contributed by atoms with E-state index in [4.69, 9.17) is 5.11 Å². The molecule has 0 heterocycles. The summed E-state index contributed by atoms with van der Waals surface area (Å²) in [4.78, 5) is 10.8. The molecule has 0 rings (SSSR count). The first-order valence-electron chi connectivity index (χ1n) is 4.21. The molecule has 0 saturated heterocycles. The Bertz CT molecular complexity index is 171. The second kappa shape index (κ2) is 3.44. The van der Waals surface area contributed by atoms with Crippen LogP contribution in [-0.2, 0) is 4.79 Å². The molecule has 0 radical (unpaired) electrons. The zero-order valence-electron chi connectivity index (χ0n) is 8.22. The lowest BCUT2D eigenvalue weighted by atomic mass is 9.74. The summed E-state index contributed by atoms with van der Waals surface area (Å²) in [5.74, 6) is -0.957. The van der Waals surface area contributed by atoms with E-state index >= 15 is 0 Å². The summed E-state index contributed by atoms with van der Waals surface area (Å²) in [6.45, 7) is 6.59. The highest BCUT2D eigenvalue weighted by Gasteiger charge is 2.44. The lowest BCUT2D eigenvalue weighted by Gasteiger charge is -2.36. The highest BCUT2D eigenvalue weighted by Crippen LogP contribution is 2.34. The third-order valence-electron chi connectivity index (χ3n) is 2.62. The lowest BCUT2D eigenvalue weighted by Crippen LogP contribution is -2.47. The van der Waals surface area contributed by atoms with Gasteiger partial charge in [-0.1, -0.05) is 13.3 Å². The summed E-state index contributed by atoms with van der Waals surface area (Å²) in [5, 5.41) is 18.7. The second-order valence-electron chi connectivity index (χ2n) is 3.95. The zero-order valence-corrected chi connectivity index (χ0v) is 8.22. The van der Waals surface area contributed by atoms with Gasteiger partial charge in [0.2, 0.25) is 0 Å². The molecule has 12 heavy (non-hydrogen) atoms. The largest absolute Gasteiger partial charge is 0.481 e. The molecule has 0 aliphatic rings. The van der Waals surface area contributed by atoms with E-state index in [1.165, 1.54) is 0 Å². The molecule has 0 spiro atoms. The van der Waals surface area contributed by atoms with Crippen LogP contribution in [0.25, 0.3) is 0 Å². The van der Waals surface area contributed by atoms with Crippen LogP contribution in [0.3, 0.4) is 0 Å². The maximum Gasteiger partial charge on any atom is 0.311 e. The Morgan fingerprint density at radius 2 is 1.75 bits per heavy atom. The van der Waals surface area contributed by atoms with E-state index < -0.39 is 17.0 Å². The van der Waals surface area contributed by atoms with E-state index in [0.717, 1.165) is 6.42 Å². The number of hydrogen-bond acceptors (Lipinski definition) is 2. The summed E-state index contributed by atoms with van der Waals surface area (Å²) in [6.07, 6.45) is 1.29. The minimum atomic E-state index is -1.13. The molecule has 0 aliphatic heterocycles. The molecule has 0 saturated carbocycles. The van der Waals surface area contributed by atoms with Crippen LogP contribution in [0.2, 0.25) is 0 Å². The Hall–Kier alpha value is -0.570. The predicted molar refractivity (Wildman–Crippen MR) is 46.9 cm³/mol. The average molecular weight is 174 g/mol. The van der Waals surface area contributed by atoms with Crippen molar-refractivity contribution in [2.45, 2.75) is 46.1 Å². The SMILES string of the molecule is CCCC(C)(O)C(C)(C)C(=O)O. The first kappa shape index (κ1) is 11.4. The molecule has 72 valence electrons. The Kier molecular flexibility index (Phi) is 3.27. The number of aliphatic carboxylic acids is 1. The van der Waals surface area contributed by atoms with Gasteiger partial charge in [-0.25, -0.2) is 0 Å². The summed E-state index contributed by atoms with van der Waals surface area (Å²) in [5.41, 5.74) is -2.21. The molecule has 0 aromatic rings. The Morgan fingerprint density at radius 3 is 2.00 bits per heavy atom. The maximum atomic E-state index is 10.8. The van der Waals surface area contributed by atoms with Gasteiger partial charge < -0.3 is 10.2 Å². The topological polar surface area (TPSA) is 57.5 Å². The zero-order chi connectivity index (χ0) is 9.99. The number of carboxylic acid groups (broad SMARTS) is 1. The van der Waals surface area contributed by atoms with Crippen LogP contribution < -0.4 is 0 Å². The molecule has 3 nitrogen and oxygen atoms in total. The van der Waals surface area contributed by atoms with Gasteiger partial charge in [-0.2, -0.15) is 0 Å². The fraction of sp³-hybridized carbons (Fsp3) is 0.889. The Labute approximate surface area is 73.4 Å². The highest BCUT2D eigenvalue weighted by atomic mass is 16.4. The van der Waals surface area contributed by atoms with Gasteiger partial charge in [0.05, 0.1) is 11.0 Å². The van der Waals surface area contributed by atoms with E-state index in [-0.39, 0.29) is 0 Å². The molecule has 0 aromatic heterocycles. The van der Waals surface area contributed by atoms with Gasteiger partial charge >= 0.3 is 5.97 Å². The minimum Gasteiger partial charge on any atom is -0.481 e. The van der Waals surface area contributed by atoms with E-state index in [0.29, 0.717) is 6.42 Å². The normalized spacial score (nSPS) is 17.1. The van der Waals surface area contributed by atoms with Crippen LogP contribution in [-0.4, -0.2) is 21.8 Å². The third-order valence-corrected chi connectivity index (χ3v) is 2.62.